The van der Waals surface area contributed by atoms with Gasteiger partial charge in [0.15, 0.2) is 0 Å². The van der Waals surface area contributed by atoms with E-state index < -0.39 is 0 Å². The molecule has 0 spiro atoms. The van der Waals surface area contributed by atoms with E-state index in [1.165, 1.54) is 9.80 Å². The van der Waals surface area contributed by atoms with Gasteiger partial charge < -0.3 is 9.80 Å². The van der Waals surface area contributed by atoms with Crippen LogP contribution in [0.5, 0.6) is 0 Å². The van der Waals surface area contributed by atoms with Crippen molar-refractivity contribution < 1.29 is 19.2 Å². The summed E-state index contributed by atoms with van der Waals surface area (Å²) in [5.41, 5.74) is 3.79. The Kier molecular flexibility index (Phi) is 8.63. The van der Waals surface area contributed by atoms with Gasteiger partial charge in [0, 0.05) is 52.7 Å². The van der Waals surface area contributed by atoms with Crippen molar-refractivity contribution in [1.29, 1.82) is 0 Å². The second kappa shape index (κ2) is 11.9. The van der Waals surface area contributed by atoms with E-state index in [2.05, 4.69) is 0 Å². The van der Waals surface area contributed by atoms with Crippen molar-refractivity contribution in [3.8, 4) is 0 Å². The smallest absolute Gasteiger partial charge is 0.293 e. The molecule has 0 saturated carbocycles. The van der Waals surface area contributed by atoms with Crippen LogP contribution in [0.25, 0.3) is 12.2 Å². The van der Waals surface area contributed by atoms with Gasteiger partial charge in [0.25, 0.3) is 22.3 Å². The number of thioether (sulfide) groups is 2. The molecule has 4 amide bonds. The summed E-state index contributed by atoms with van der Waals surface area (Å²) in [7, 11) is 7.82. The first-order chi connectivity index (χ1) is 18.1. The molecule has 0 aliphatic carbocycles. The van der Waals surface area contributed by atoms with E-state index in [9.17, 15) is 19.2 Å². The Labute approximate surface area is 231 Å². The largest absolute Gasteiger partial charge is 0.378 e. The fourth-order valence-electron chi connectivity index (χ4n) is 3.97. The Bertz CT molecular complexity index is 1200. The van der Waals surface area contributed by atoms with Gasteiger partial charge in [-0.25, -0.2) is 0 Å². The number of nitrogens with zero attached hydrogens (tertiary/aromatic N) is 4. The quantitative estimate of drug-likeness (QED) is 0.305. The SMILES string of the molecule is CN(C)c1ccc(/C=C2/SC(=O)N(CCCCN3C(=O)S/C(=C/c4ccc(N(C)C)cc4)C3=O)C2=O)cc1. The lowest BCUT2D eigenvalue weighted by Gasteiger charge is -2.15. The third-order valence-electron chi connectivity index (χ3n) is 6.18. The fourth-order valence-corrected chi connectivity index (χ4v) is 5.70. The lowest BCUT2D eigenvalue weighted by atomic mass is 10.2. The Morgan fingerprint density at radius 1 is 0.605 bits per heavy atom. The molecule has 2 aliphatic heterocycles. The molecule has 10 heteroatoms. The molecule has 2 aromatic rings. The normalized spacial score (nSPS) is 17.9. The van der Waals surface area contributed by atoms with Gasteiger partial charge in [0.1, 0.15) is 0 Å². The van der Waals surface area contributed by atoms with Gasteiger partial charge in [-0.2, -0.15) is 0 Å². The fraction of sp³-hybridized carbons (Fsp3) is 0.286. The highest BCUT2D eigenvalue weighted by Crippen LogP contribution is 2.34. The highest BCUT2D eigenvalue weighted by atomic mass is 32.2. The van der Waals surface area contributed by atoms with Crippen LogP contribution in [0.4, 0.5) is 21.0 Å². The average Bonchev–Trinajstić information content (AvgIpc) is 3.30. The Balaban J connectivity index is 1.29. The maximum Gasteiger partial charge on any atom is 0.293 e. The molecule has 0 atom stereocenters. The molecule has 8 nitrogen and oxygen atoms in total. The minimum atomic E-state index is -0.314. The van der Waals surface area contributed by atoms with Crippen molar-refractivity contribution in [2.75, 3.05) is 51.1 Å². The second-order valence-corrected chi connectivity index (χ2v) is 11.3. The summed E-state index contributed by atoms with van der Waals surface area (Å²) in [6.45, 7) is 0.484. The topological polar surface area (TPSA) is 81.2 Å². The van der Waals surface area contributed by atoms with E-state index in [0.717, 1.165) is 46.0 Å². The first-order valence-electron chi connectivity index (χ1n) is 12.2. The first kappa shape index (κ1) is 27.5. The zero-order valence-electron chi connectivity index (χ0n) is 21.8. The van der Waals surface area contributed by atoms with Gasteiger partial charge in [-0.15, -0.1) is 0 Å². The van der Waals surface area contributed by atoms with Crippen LogP contribution in [0.2, 0.25) is 0 Å². The number of anilines is 2. The van der Waals surface area contributed by atoms with E-state index >= 15 is 0 Å². The molecule has 38 heavy (non-hydrogen) atoms. The molecule has 4 rings (SSSR count). The van der Waals surface area contributed by atoms with Crippen LogP contribution in [0.15, 0.2) is 58.3 Å². The summed E-state index contributed by atoms with van der Waals surface area (Å²) in [6.07, 6.45) is 4.45. The number of benzene rings is 2. The summed E-state index contributed by atoms with van der Waals surface area (Å²) in [6, 6.07) is 15.5. The molecule has 2 aliphatic rings. The van der Waals surface area contributed by atoms with Gasteiger partial charge in [0.2, 0.25) is 0 Å². The summed E-state index contributed by atoms with van der Waals surface area (Å²) in [5, 5.41) is -0.610. The molecule has 0 aromatic heterocycles. The molecule has 2 aromatic carbocycles. The number of rotatable bonds is 9. The second-order valence-electron chi connectivity index (χ2n) is 9.35. The third-order valence-corrected chi connectivity index (χ3v) is 7.99. The number of unbranched alkanes of at least 4 members (excludes halogenated alkanes) is 1. The van der Waals surface area contributed by atoms with Gasteiger partial charge in [-0.3, -0.25) is 29.0 Å². The van der Waals surface area contributed by atoms with Gasteiger partial charge in [-0.1, -0.05) is 24.3 Å². The van der Waals surface area contributed by atoms with Crippen molar-refractivity contribution in [3.63, 3.8) is 0 Å². The predicted molar refractivity (Wildman–Crippen MR) is 156 cm³/mol. The molecule has 2 fully saturated rings. The molecule has 0 unspecified atom stereocenters. The standard InChI is InChI=1S/C28H30N4O4S2/c1-29(2)21-11-7-19(8-12-21)17-23-25(33)31(27(35)37-23)15-5-6-16-32-26(34)24(38-28(32)36)18-20-9-13-22(14-10-20)30(3)4/h7-14,17-18H,5-6,15-16H2,1-4H3/b23-17+,24-18+. The third kappa shape index (κ3) is 6.31. The van der Waals surface area contributed by atoms with Gasteiger partial charge >= 0.3 is 0 Å². The summed E-state index contributed by atoms with van der Waals surface area (Å²) < 4.78 is 0. The van der Waals surface area contributed by atoms with Gasteiger partial charge in [0.05, 0.1) is 9.81 Å². The lowest BCUT2D eigenvalue weighted by molar-refractivity contribution is -0.124. The Morgan fingerprint density at radius 2 is 0.947 bits per heavy atom. The van der Waals surface area contributed by atoms with E-state index in [1.807, 2.05) is 86.5 Å². The van der Waals surface area contributed by atoms with Crippen LogP contribution in [0.1, 0.15) is 24.0 Å². The van der Waals surface area contributed by atoms with Crippen molar-refractivity contribution in [1.82, 2.24) is 9.80 Å². The highest BCUT2D eigenvalue weighted by Gasteiger charge is 2.36. The number of carbonyl (C=O) groups is 4. The predicted octanol–water partition coefficient (Wildman–Crippen LogP) is 5.37. The minimum absolute atomic E-state index is 0.242. The van der Waals surface area contributed by atoms with Crippen molar-refractivity contribution in [2.45, 2.75) is 12.8 Å². The minimum Gasteiger partial charge on any atom is -0.378 e. The summed E-state index contributed by atoms with van der Waals surface area (Å²) in [5.74, 6) is -0.628. The van der Waals surface area contributed by atoms with E-state index in [4.69, 9.17) is 0 Å². The average molecular weight is 551 g/mol. The highest BCUT2D eigenvalue weighted by molar-refractivity contribution is 8.18. The van der Waals surface area contributed by atoms with Gasteiger partial charge in [-0.05, 0) is 83.9 Å². The number of hydrogen-bond acceptors (Lipinski definition) is 8. The maximum absolute atomic E-state index is 12.8. The van der Waals surface area contributed by atoms with Crippen LogP contribution in [-0.4, -0.2) is 73.4 Å². The number of hydrogen-bond donors (Lipinski definition) is 0. The molecule has 0 bridgehead atoms. The first-order valence-corrected chi connectivity index (χ1v) is 13.8. The zero-order valence-corrected chi connectivity index (χ0v) is 23.5. The maximum atomic E-state index is 12.8. The number of imide groups is 2. The van der Waals surface area contributed by atoms with Crippen LogP contribution in [0, 0.1) is 0 Å². The van der Waals surface area contributed by atoms with Crippen LogP contribution in [0.3, 0.4) is 0 Å². The van der Waals surface area contributed by atoms with Crippen molar-refractivity contribution >= 4 is 69.3 Å². The zero-order chi connectivity index (χ0) is 27.4. The number of amides is 4. The monoisotopic (exact) mass is 550 g/mol. The molecule has 198 valence electrons. The Hall–Kier alpha value is -3.50. The molecular weight excluding hydrogens is 520 g/mol. The Morgan fingerprint density at radius 3 is 1.26 bits per heavy atom. The summed E-state index contributed by atoms with van der Waals surface area (Å²) >= 11 is 1.86. The molecule has 2 saturated heterocycles. The molecule has 0 radical (unpaired) electrons. The number of carbonyl (C=O) groups excluding carboxylic acids is 4. The lowest BCUT2D eigenvalue weighted by Crippen LogP contribution is -2.32. The van der Waals surface area contributed by atoms with Crippen LogP contribution < -0.4 is 9.80 Å². The molecule has 2 heterocycles. The summed E-state index contributed by atoms with van der Waals surface area (Å²) in [4.78, 5) is 57.7. The van der Waals surface area contributed by atoms with Crippen molar-refractivity contribution in [2.24, 2.45) is 0 Å². The van der Waals surface area contributed by atoms with E-state index in [0.29, 0.717) is 22.7 Å². The van der Waals surface area contributed by atoms with Crippen LogP contribution >= 0.6 is 23.5 Å². The van der Waals surface area contributed by atoms with E-state index in [1.54, 1.807) is 12.2 Å². The van der Waals surface area contributed by atoms with Crippen molar-refractivity contribution in [3.05, 3.63) is 69.5 Å². The molecular formula is C28H30N4O4S2. The molecule has 0 N–H and O–H groups in total. The van der Waals surface area contributed by atoms with E-state index in [-0.39, 0.29) is 35.4 Å². The van der Waals surface area contributed by atoms with Crippen LogP contribution in [-0.2, 0) is 9.59 Å².